The minimum atomic E-state index is -1.77. The molecule has 1 aliphatic carbocycles. The third-order valence-electron chi connectivity index (χ3n) is 4.95. The topological polar surface area (TPSA) is 81.8 Å². The van der Waals surface area contributed by atoms with Crippen molar-refractivity contribution in [3.8, 4) is 0 Å². The van der Waals surface area contributed by atoms with Crippen LogP contribution in [0.4, 0.5) is 8.78 Å². The quantitative estimate of drug-likeness (QED) is 0.647. The van der Waals surface area contributed by atoms with E-state index in [9.17, 15) is 24.0 Å². The molecule has 0 radical (unpaired) electrons. The Morgan fingerprint density at radius 2 is 2.04 bits per heavy atom. The van der Waals surface area contributed by atoms with Crippen LogP contribution in [-0.2, 0) is 9.47 Å². The molecule has 0 amide bonds. The SMILES string of the molecule is O=[N+]([O-])C(C[C@H]1COC2(CCCCC2)O1)C(O)c1cc(F)ccc1F. The van der Waals surface area contributed by atoms with Crippen LogP contribution in [0.1, 0.15) is 50.2 Å². The Bertz CT molecular complexity index is 635. The van der Waals surface area contributed by atoms with Gasteiger partial charge in [-0.25, -0.2) is 8.78 Å². The Morgan fingerprint density at radius 3 is 2.72 bits per heavy atom. The number of nitro groups is 1. The van der Waals surface area contributed by atoms with Crippen molar-refractivity contribution >= 4 is 0 Å². The molecule has 6 nitrogen and oxygen atoms in total. The fraction of sp³-hybridized carbons (Fsp3) is 0.647. The van der Waals surface area contributed by atoms with Gasteiger partial charge in [0.05, 0.1) is 12.7 Å². The fourth-order valence-corrected chi connectivity index (χ4v) is 3.63. The first-order chi connectivity index (χ1) is 11.9. The molecule has 1 spiro atoms. The van der Waals surface area contributed by atoms with Gasteiger partial charge in [0, 0.05) is 29.7 Å². The lowest BCUT2D eigenvalue weighted by molar-refractivity contribution is -0.538. The molecular formula is C17H21F2NO5. The van der Waals surface area contributed by atoms with Crippen molar-refractivity contribution in [2.45, 2.75) is 62.6 Å². The van der Waals surface area contributed by atoms with E-state index in [-0.39, 0.29) is 13.0 Å². The van der Waals surface area contributed by atoms with Gasteiger partial charge >= 0.3 is 0 Å². The molecular weight excluding hydrogens is 336 g/mol. The van der Waals surface area contributed by atoms with E-state index in [1.165, 1.54) is 0 Å². The Morgan fingerprint density at radius 1 is 1.32 bits per heavy atom. The molecule has 3 rings (SSSR count). The molecule has 2 unspecified atom stereocenters. The molecule has 0 aromatic heterocycles. The number of nitrogens with zero attached hydrogens (tertiary/aromatic N) is 1. The van der Waals surface area contributed by atoms with E-state index in [4.69, 9.17) is 9.47 Å². The maximum atomic E-state index is 13.8. The first-order valence-corrected chi connectivity index (χ1v) is 8.48. The minimum absolute atomic E-state index is 0.133. The van der Waals surface area contributed by atoms with Crippen molar-refractivity contribution in [1.82, 2.24) is 0 Å². The number of ether oxygens (including phenoxy) is 2. The standard InChI is InChI=1S/C17H21F2NO5/c18-11-4-5-14(19)13(8-11)16(21)15(20(22)23)9-12-10-24-17(25-12)6-2-1-3-7-17/h4-5,8,12,15-16,21H,1-3,6-7,9-10H2/t12-,15?,16?/m0/s1. The number of rotatable bonds is 5. The van der Waals surface area contributed by atoms with Crippen LogP contribution in [0.15, 0.2) is 18.2 Å². The first-order valence-electron chi connectivity index (χ1n) is 8.48. The van der Waals surface area contributed by atoms with Gasteiger partial charge in [0.25, 0.3) is 0 Å². The Balaban J connectivity index is 1.71. The van der Waals surface area contributed by atoms with E-state index in [2.05, 4.69) is 0 Å². The second kappa shape index (κ2) is 7.31. The number of hydrogen-bond acceptors (Lipinski definition) is 5. The molecule has 2 aliphatic rings. The van der Waals surface area contributed by atoms with E-state index < -0.39 is 46.2 Å². The van der Waals surface area contributed by atoms with Crippen molar-refractivity contribution in [2.24, 2.45) is 0 Å². The molecule has 1 heterocycles. The summed E-state index contributed by atoms with van der Waals surface area (Å²) in [6.45, 7) is 0.197. The molecule has 1 saturated carbocycles. The van der Waals surface area contributed by atoms with Crippen molar-refractivity contribution < 1.29 is 28.3 Å². The molecule has 1 aromatic carbocycles. The van der Waals surface area contributed by atoms with E-state index in [1.54, 1.807) is 0 Å². The molecule has 25 heavy (non-hydrogen) atoms. The van der Waals surface area contributed by atoms with Crippen molar-refractivity contribution in [3.63, 3.8) is 0 Å². The van der Waals surface area contributed by atoms with E-state index >= 15 is 0 Å². The number of aliphatic hydroxyl groups excluding tert-OH is 1. The highest BCUT2D eigenvalue weighted by Gasteiger charge is 2.45. The van der Waals surface area contributed by atoms with E-state index in [0.29, 0.717) is 0 Å². The van der Waals surface area contributed by atoms with E-state index in [0.717, 1.165) is 50.3 Å². The van der Waals surface area contributed by atoms with Crippen LogP contribution in [-0.4, -0.2) is 34.6 Å². The number of halogens is 2. The van der Waals surface area contributed by atoms with Crippen LogP contribution < -0.4 is 0 Å². The lowest BCUT2D eigenvalue weighted by atomic mass is 9.94. The minimum Gasteiger partial charge on any atom is -0.381 e. The molecule has 138 valence electrons. The van der Waals surface area contributed by atoms with Gasteiger partial charge in [0.2, 0.25) is 6.04 Å². The summed E-state index contributed by atoms with van der Waals surface area (Å²) in [5.74, 6) is -2.33. The zero-order valence-corrected chi connectivity index (χ0v) is 13.7. The lowest BCUT2D eigenvalue weighted by Gasteiger charge is -2.31. The Labute approximate surface area is 143 Å². The van der Waals surface area contributed by atoms with Gasteiger partial charge in [-0.05, 0) is 31.0 Å². The van der Waals surface area contributed by atoms with Crippen molar-refractivity contribution in [3.05, 3.63) is 45.5 Å². The highest BCUT2D eigenvalue weighted by Crippen LogP contribution is 2.39. The normalized spacial score (nSPS) is 25.0. The van der Waals surface area contributed by atoms with Gasteiger partial charge < -0.3 is 14.6 Å². The van der Waals surface area contributed by atoms with Crippen LogP contribution in [0.3, 0.4) is 0 Å². The molecule has 2 fully saturated rings. The number of benzene rings is 1. The zero-order chi connectivity index (χ0) is 18.0. The molecule has 1 saturated heterocycles. The van der Waals surface area contributed by atoms with E-state index in [1.807, 2.05) is 0 Å². The summed E-state index contributed by atoms with van der Waals surface area (Å²) in [5, 5.41) is 21.7. The molecule has 0 bridgehead atoms. The summed E-state index contributed by atoms with van der Waals surface area (Å²) < 4.78 is 38.8. The predicted octanol–water partition coefficient (Wildman–Crippen LogP) is 3.11. The lowest BCUT2D eigenvalue weighted by Crippen LogP contribution is -2.36. The van der Waals surface area contributed by atoms with Crippen LogP contribution in [0.2, 0.25) is 0 Å². The van der Waals surface area contributed by atoms with Gasteiger partial charge in [-0.1, -0.05) is 6.42 Å². The van der Waals surface area contributed by atoms with Gasteiger partial charge in [-0.3, -0.25) is 10.1 Å². The summed E-state index contributed by atoms with van der Waals surface area (Å²) >= 11 is 0. The van der Waals surface area contributed by atoms with Gasteiger partial charge in [-0.2, -0.15) is 0 Å². The summed E-state index contributed by atoms with van der Waals surface area (Å²) in [4.78, 5) is 10.7. The summed E-state index contributed by atoms with van der Waals surface area (Å²) in [5.41, 5.74) is -0.423. The fourth-order valence-electron chi connectivity index (χ4n) is 3.63. The Kier molecular flexibility index (Phi) is 5.31. The maximum absolute atomic E-state index is 13.8. The van der Waals surface area contributed by atoms with Gasteiger partial charge in [0.15, 0.2) is 5.79 Å². The van der Waals surface area contributed by atoms with Crippen LogP contribution in [0, 0.1) is 21.7 Å². The Hall–Kier alpha value is -1.64. The molecule has 1 N–H and O–H groups in total. The largest absolute Gasteiger partial charge is 0.381 e. The van der Waals surface area contributed by atoms with Crippen molar-refractivity contribution in [1.29, 1.82) is 0 Å². The molecule has 1 aromatic rings. The zero-order valence-electron chi connectivity index (χ0n) is 13.7. The molecule has 3 atom stereocenters. The van der Waals surface area contributed by atoms with Crippen LogP contribution in [0.5, 0.6) is 0 Å². The van der Waals surface area contributed by atoms with Crippen LogP contribution >= 0.6 is 0 Å². The molecule has 8 heteroatoms. The smallest absolute Gasteiger partial charge is 0.245 e. The third kappa shape index (κ3) is 3.96. The number of hydrogen-bond donors (Lipinski definition) is 1. The summed E-state index contributed by atoms with van der Waals surface area (Å²) in [6, 6.07) is 1.01. The van der Waals surface area contributed by atoms with Crippen molar-refractivity contribution in [2.75, 3.05) is 6.61 Å². The second-order valence-corrected chi connectivity index (χ2v) is 6.72. The highest BCUT2D eigenvalue weighted by atomic mass is 19.1. The summed E-state index contributed by atoms with van der Waals surface area (Å²) in [7, 11) is 0. The first kappa shape index (κ1) is 18.2. The number of aliphatic hydroxyl groups is 1. The monoisotopic (exact) mass is 357 g/mol. The van der Waals surface area contributed by atoms with Gasteiger partial charge in [0.1, 0.15) is 17.7 Å². The molecule has 1 aliphatic heterocycles. The average Bonchev–Trinajstić information content (AvgIpc) is 2.97. The van der Waals surface area contributed by atoms with Gasteiger partial charge in [-0.15, -0.1) is 0 Å². The maximum Gasteiger partial charge on any atom is 0.245 e. The highest BCUT2D eigenvalue weighted by molar-refractivity contribution is 5.22. The third-order valence-corrected chi connectivity index (χ3v) is 4.95. The average molecular weight is 357 g/mol. The van der Waals surface area contributed by atoms with Crippen LogP contribution in [0.25, 0.3) is 0 Å². The predicted molar refractivity (Wildman–Crippen MR) is 83.4 cm³/mol. The summed E-state index contributed by atoms with van der Waals surface area (Å²) in [6.07, 6.45) is 2.09. The second-order valence-electron chi connectivity index (χ2n) is 6.72.